The molecule has 1 fully saturated rings. The van der Waals surface area contributed by atoms with E-state index in [9.17, 15) is 18.0 Å². The number of carbonyl (C=O) groups excluding carboxylic acids is 1. The summed E-state index contributed by atoms with van der Waals surface area (Å²) in [6.07, 6.45) is -4.39. The minimum Gasteiger partial charge on any atom is -0.297 e. The Morgan fingerprint density at radius 2 is 1.68 bits per heavy atom. The number of thioether (sulfide) groups is 1. The van der Waals surface area contributed by atoms with Gasteiger partial charge in [0.1, 0.15) is 0 Å². The first kappa shape index (κ1) is 18.0. The number of rotatable bonds is 4. The van der Waals surface area contributed by atoms with E-state index in [-0.39, 0.29) is 11.3 Å². The maximum absolute atomic E-state index is 12.6. The van der Waals surface area contributed by atoms with Crippen LogP contribution in [0.5, 0.6) is 0 Å². The third-order valence-corrected chi connectivity index (χ3v) is 5.12. The Morgan fingerprint density at radius 3 is 2.32 bits per heavy atom. The minimum atomic E-state index is -4.39. The van der Waals surface area contributed by atoms with Gasteiger partial charge in [-0.05, 0) is 23.8 Å². The molecule has 6 heteroatoms. The molecular formula is C19H18F3NOS. The topological polar surface area (TPSA) is 20.3 Å². The van der Waals surface area contributed by atoms with Crippen molar-refractivity contribution in [3.8, 4) is 0 Å². The maximum Gasteiger partial charge on any atom is 0.416 e. The van der Waals surface area contributed by atoms with Gasteiger partial charge < -0.3 is 0 Å². The van der Waals surface area contributed by atoms with Crippen molar-refractivity contribution in [2.24, 2.45) is 0 Å². The largest absolute Gasteiger partial charge is 0.416 e. The van der Waals surface area contributed by atoms with Crippen LogP contribution in [0.1, 0.15) is 27.0 Å². The second kappa shape index (κ2) is 7.62. The highest BCUT2D eigenvalue weighted by Gasteiger charge is 2.30. The molecule has 3 rings (SSSR count). The third-order valence-electron chi connectivity index (χ3n) is 4.17. The molecule has 0 aliphatic carbocycles. The molecule has 25 heavy (non-hydrogen) atoms. The number of benzene rings is 2. The number of hydrogen-bond donors (Lipinski definition) is 0. The van der Waals surface area contributed by atoms with Crippen molar-refractivity contribution < 1.29 is 18.0 Å². The van der Waals surface area contributed by atoms with Crippen LogP contribution in [0, 0.1) is 0 Å². The van der Waals surface area contributed by atoms with Gasteiger partial charge in [0, 0.05) is 42.3 Å². The lowest BCUT2D eigenvalue weighted by Gasteiger charge is -2.26. The number of ketones is 1. The van der Waals surface area contributed by atoms with E-state index in [1.807, 2.05) is 30.0 Å². The number of halogens is 3. The summed E-state index contributed by atoms with van der Waals surface area (Å²) in [5.74, 6) is 1.97. The van der Waals surface area contributed by atoms with Crippen molar-refractivity contribution in [1.29, 1.82) is 0 Å². The van der Waals surface area contributed by atoms with Crippen LogP contribution >= 0.6 is 11.8 Å². The Balaban J connectivity index is 1.74. The zero-order valence-corrected chi connectivity index (χ0v) is 14.4. The van der Waals surface area contributed by atoms with E-state index in [0.717, 1.165) is 48.8 Å². The van der Waals surface area contributed by atoms with Crippen molar-refractivity contribution in [2.75, 3.05) is 24.6 Å². The molecule has 1 saturated heterocycles. The van der Waals surface area contributed by atoms with Gasteiger partial charge in [0.2, 0.25) is 0 Å². The van der Waals surface area contributed by atoms with Gasteiger partial charge in [0.15, 0.2) is 5.78 Å². The van der Waals surface area contributed by atoms with E-state index in [2.05, 4.69) is 4.90 Å². The van der Waals surface area contributed by atoms with Crippen LogP contribution in [0.4, 0.5) is 13.2 Å². The normalized spacial score (nSPS) is 16.0. The Hall–Kier alpha value is -1.79. The lowest BCUT2D eigenvalue weighted by molar-refractivity contribution is -0.137. The molecule has 0 radical (unpaired) electrons. The molecule has 2 aromatic rings. The monoisotopic (exact) mass is 365 g/mol. The maximum atomic E-state index is 12.6. The third kappa shape index (κ3) is 4.64. The minimum absolute atomic E-state index is 0.259. The fourth-order valence-electron chi connectivity index (χ4n) is 2.81. The van der Waals surface area contributed by atoms with Gasteiger partial charge in [-0.25, -0.2) is 0 Å². The van der Waals surface area contributed by atoms with E-state index in [4.69, 9.17) is 0 Å². The van der Waals surface area contributed by atoms with Gasteiger partial charge in [0.25, 0.3) is 0 Å². The van der Waals surface area contributed by atoms with Crippen molar-refractivity contribution in [2.45, 2.75) is 12.7 Å². The first-order valence-corrected chi connectivity index (χ1v) is 9.20. The van der Waals surface area contributed by atoms with E-state index in [0.29, 0.717) is 5.56 Å². The summed E-state index contributed by atoms with van der Waals surface area (Å²) in [7, 11) is 0. The Bertz CT molecular complexity index is 737. The summed E-state index contributed by atoms with van der Waals surface area (Å²) >= 11 is 1.94. The number of carbonyl (C=O) groups is 1. The van der Waals surface area contributed by atoms with Gasteiger partial charge >= 0.3 is 6.18 Å². The highest BCUT2D eigenvalue weighted by Crippen LogP contribution is 2.29. The zero-order chi connectivity index (χ0) is 17.9. The molecule has 0 unspecified atom stereocenters. The van der Waals surface area contributed by atoms with E-state index in [1.54, 1.807) is 6.07 Å². The number of hydrogen-bond acceptors (Lipinski definition) is 3. The average molecular weight is 365 g/mol. The molecule has 0 bridgehead atoms. The Labute approximate surface area is 149 Å². The smallest absolute Gasteiger partial charge is 0.297 e. The molecular weight excluding hydrogens is 347 g/mol. The average Bonchev–Trinajstić information content (AvgIpc) is 2.61. The summed E-state index contributed by atoms with van der Waals surface area (Å²) in [5, 5.41) is 0. The van der Waals surface area contributed by atoms with Crippen LogP contribution < -0.4 is 0 Å². The molecule has 0 amide bonds. The van der Waals surface area contributed by atoms with Crippen LogP contribution in [-0.4, -0.2) is 35.3 Å². The molecule has 0 atom stereocenters. The SMILES string of the molecule is O=C(c1ccc(C(F)(F)F)cc1)c1cccc(CN2CCSCC2)c1. The molecule has 132 valence electrons. The highest BCUT2D eigenvalue weighted by atomic mass is 32.2. The fraction of sp³-hybridized carbons (Fsp3) is 0.316. The zero-order valence-electron chi connectivity index (χ0n) is 13.6. The van der Waals surface area contributed by atoms with Crippen LogP contribution in [0.2, 0.25) is 0 Å². The standard InChI is InChI=1S/C19H18F3NOS/c20-19(21,22)17-6-4-15(5-7-17)18(24)16-3-1-2-14(12-16)13-23-8-10-25-11-9-23/h1-7,12H,8-11,13H2. The fourth-order valence-corrected chi connectivity index (χ4v) is 3.78. The molecule has 0 aromatic heterocycles. The van der Waals surface area contributed by atoms with Crippen molar-refractivity contribution in [1.82, 2.24) is 4.90 Å². The summed E-state index contributed by atoms with van der Waals surface area (Å²) in [4.78, 5) is 14.9. The molecule has 0 spiro atoms. The van der Waals surface area contributed by atoms with Gasteiger partial charge in [-0.1, -0.05) is 30.3 Å². The summed E-state index contributed by atoms with van der Waals surface area (Å²) in [5.41, 5.74) is 1.06. The van der Waals surface area contributed by atoms with Crippen LogP contribution in [0.3, 0.4) is 0 Å². The molecule has 0 saturated carbocycles. The number of nitrogens with zero attached hydrogens (tertiary/aromatic N) is 1. The Morgan fingerprint density at radius 1 is 1.00 bits per heavy atom. The molecule has 2 aromatic carbocycles. The lowest BCUT2D eigenvalue weighted by Crippen LogP contribution is -2.31. The molecule has 1 heterocycles. The first-order chi connectivity index (χ1) is 11.9. The lowest BCUT2D eigenvalue weighted by atomic mass is 10.00. The van der Waals surface area contributed by atoms with Crippen molar-refractivity contribution >= 4 is 17.5 Å². The van der Waals surface area contributed by atoms with Gasteiger partial charge in [-0.15, -0.1) is 0 Å². The predicted octanol–water partition coefficient (Wildman–Crippen LogP) is 4.49. The predicted molar refractivity (Wildman–Crippen MR) is 93.9 cm³/mol. The van der Waals surface area contributed by atoms with Crippen LogP contribution in [0.15, 0.2) is 48.5 Å². The van der Waals surface area contributed by atoms with Crippen molar-refractivity contribution in [3.63, 3.8) is 0 Å². The van der Waals surface area contributed by atoms with Crippen LogP contribution in [-0.2, 0) is 12.7 Å². The molecule has 1 aliphatic rings. The summed E-state index contributed by atoms with van der Waals surface area (Å²) < 4.78 is 37.9. The van der Waals surface area contributed by atoms with E-state index in [1.165, 1.54) is 12.1 Å². The second-order valence-electron chi connectivity index (χ2n) is 5.99. The van der Waals surface area contributed by atoms with E-state index >= 15 is 0 Å². The van der Waals surface area contributed by atoms with E-state index < -0.39 is 11.7 Å². The molecule has 1 aliphatic heterocycles. The van der Waals surface area contributed by atoms with Gasteiger partial charge in [-0.3, -0.25) is 9.69 Å². The summed E-state index contributed by atoms with van der Waals surface area (Å²) in [6.45, 7) is 2.85. The van der Waals surface area contributed by atoms with Crippen LogP contribution in [0.25, 0.3) is 0 Å². The second-order valence-corrected chi connectivity index (χ2v) is 7.22. The number of alkyl halides is 3. The first-order valence-electron chi connectivity index (χ1n) is 8.04. The summed E-state index contributed by atoms with van der Waals surface area (Å²) in [6, 6.07) is 11.7. The Kier molecular flexibility index (Phi) is 5.49. The quantitative estimate of drug-likeness (QED) is 0.745. The van der Waals surface area contributed by atoms with Gasteiger partial charge in [0.05, 0.1) is 5.56 Å². The van der Waals surface area contributed by atoms with Gasteiger partial charge in [-0.2, -0.15) is 24.9 Å². The van der Waals surface area contributed by atoms with Crippen molar-refractivity contribution in [3.05, 3.63) is 70.8 Å². The highest BCUT2D eigenvalue weighted by molar-refractivity contribution is 7.99. The molecule has 2 nitrogen and oxygen atoms in total. The molecule has 0 N–H and O–H groups in total.